The van der Waals surface area contributed by atoms with Gasteiger partial charge in [-0.1, -0.05) is 42.0 Å². The van der Waals surface area contributed by atoms with Gasteiger partial charge in [-0.05, 0) is 46.6 Å². The Labute approximate surface area is 121 Å². The first-order valence-electron chi connectivity index (χ1n) is 5.95. The van der Waals surface area contributed by atoms with Gasteiger partial charge in [-0.2, -0.15) is 0 Å². The quantitative estimate of drug-likeness (QED) is 0.835. The zero-order valence-electron chi connectivity index (χ0n) is 10.6. The van der Waals surface area contributed by atoms with Crippen molar-refractivity contribution in [1.82, 2.24) is 0 Å². The molecule has 0 fully saturated rings. The average Bonchev–Trinajstić information content (AvgIpc) is 2.39. The van der Waals surface area contributed by atoms with Crippen LogP contribution in [-0.4, -0.2) is 5.91 Å². The van der Waals surface area contributed by atoms with Gasteiger partial charge in [0.15, 0.2) is 0 Å². The third kappa shape index (κ3) is 4.07. The zero-order chi connectivity index (χ0) is 13.7. The van der Waals surface area contributed by atoms with Gasteiger partial charge < -0.3 is 5.32 Å². The molecule has 2 aromatic carbocycles. The van der Waals surface area contributed by atoms with Gasteiger partial charge in [0.1, 0.15) is 0 Å². The largest absolute Gasteiger partial charge is 0.321 e. The van der Waals surface area contributed by atoms with Crippen LogP contribution in [-0.2, 0) is 4.79 Å². The van der Waals surface area contributed by atoms with Crippen LogP contribution >= 0.6 is 15.9 Å². The molecule has 0 aromatic heterocycles. The molecule has 1 amide bonds. The lowest BCUT2D eigenvalue weighted by molar-refractivity contribution is -0.111. The number of amides is 1. The first kappa shape index (κ1) is 13.6. The van der Waals surface area contributed by atoms with Gasteiger partial charge >= 0.3 is 0 Å². The van der Waals surface area contributed by atoms with E-state index in [0.29, 0.717) is 0 Å². The molecular formula is C16H14BrNO. The number of anilines is 1. The fourth-order valence-corrected chi connectivity index (χ4v) is 2.07. The van der Waals surface area contributed by atoms with Crippen molar-refractivity contribution >= 4 is 33.6 Å². The lowest BCUT2D eigenvalue weighted by Crippen LogP contribution is -2.07. The Balaban J connectivity index is 2.04. The summed E-state index contributed by atoms with van der Waals surface area (Å²) in [6, 6.07) is 15.5. The molecule has 0 atom stereocenters. The van der Waals surface area contributed by atoms with Crippen LogP contribution in [0, 0.1) is 6.92 Å². The van der Waals surface area contributed by atoms with Gasteiger partial charge in [0.25, 0.3) is 0 Å². The summed E-state index contributed by atoms with van der Waals surface area (Å²) in [6.45, 7) is 2.03. The minimum atomic E-state index is -0.145. The fraction of sp³-hybridized carbons (Fsp3) is 0.0625. The van der Waals surface area contributed by atoms with Gasteiger partial charge in [-0.3, -0.25) is 4.79 Å². The second kappa shape index (κ2) is 6.34. The summed E-state index contributed by atoms with van der Waals surface area (Å²) in [7, 11) is 0. The summed E-state index contributed by atoms with van der Waals surface area (Å²) >= 11 is 3.39. The Kier molecular flexibility index (Phi) is 4.53. The third-order valence-electron chi connectivity index (χ3n) is 2.60. The lowest BCUT2D eigenvalue weighted by Gasteiger charge is -2.04. The number of hydrogen-bond donors (Lipinski definition) is 1. The number of para-hydroxylation sites is 1. The molecule has 0 saturated carbocycles. The SMILES string of the molecule is Cc1cccc(C=CC(=O)Nc2ccccc2Br)c1. The van der Waals surface area contributed by atoms with E-state index in [-0.39, 0.29) is 5.91 Å². The maximum Gasteiger partial charge on any atom is 0.248 e. The van der Waals surface area contributed by atoms with Crippen molar-refractivity contribution in [2.75, 3.05) is 5.32 Å². The predicted octanol–water partition coefficient (Wildman–Crippen LogP) is 4.41. The first-order valence-corrected chi connectivity index (χ1v) is 6.75. The second-order valence-electron chi connectivity index (χ2n) is 4.22. The summed E-state index contributed by atoms with van der Waals surface area (Å²) in [5.41, 5.74) is 2.96. The van der Waals surface area contributed by atoms with Gasteiger partial charge in [-0.15, -0.1) is 0 Å². The van der Waals surface area contributed by atoms with E-state index >= 15 is 0 Å². The van der Waals surface area contributed by atoms with Crippen LogP contribution in [0.25, 0.3) is 6.08 Å². The van der Waals surface area contributed by atoms with Gasteiger partial charge in [0, 0.05) is 10.5 Å². The highest BCUT2D eigenvalue weighted by molar-refractivity contribution is 9.10. The van der Waals surface area contributed by atoms with Crippen LogP contribution in [0.4, 0.5) is 5.69 Å². The Morgan fingerprint density at radius 2 is 1.95 bits per heavy atom. The minimum Gasteiger partial charge on any atom is -0.321 e. The number of benzene rings is 2. The average molecular weight is 316 g/mol. The highest BCUT2D eigenvalue weighted by atomic mass is 79.9. The normalized spacial score (nSPS) is 10.6. The molecule has 0 radical (unpaired) electrons. The Bertz CT molecular complexity index is 620. The van der Waals surface area contributed by atoms with Crippen LogP contribution in [0.5, 0.6) is 0 Å². The number of aryl methyl sites for hydroxylation is 1. The van der Waals surface area contributed by atoms with E-state index in [2.05, 4.69) is 21.2 Å². The number of hydrogen-bond acceptors (Lipinski definition) is 1. The highest BCUT2D eigenvalue weighted by Crippen LogP contribution is 2.21. The van der Waals surface area contributed by atoms with Crippen molar-refractivity contribution in [3.05, 3.63) is 70.2 Å². The van der Waals surface area contributed by atoms with E-state index in [9.17, 15) is 4.79 Å². The van der Waals surface area contributed by atoms with Crippen LogP contribution < -0.4 is 5.32 Å². The van der Waals surface area contributed by atoms with Crippen molar-refractivity contribution in [3.63, 3.8) is 0 Å². The molecule has 0 aliphatic rings. The van der Waals surface area contributed by atoms with E-state index in [0.717, 1.165) is 15.7 Å². The summed E-state index contributed by atoms with van der Waals surface area (Å²) in [5, 5.41) is 2.82. The number of rotatable bonds is 3. The van der Waals surface area contributed by atoms with E-state index in [1.54, 1.807) is 6.08 Å². The number of carbonyl (C=O) groups is 1. The summed E-state index contributed by atoms with van der Waals surface area (Å²) in [5.74, 6) is -0.145. The smallest absolute Gasteiger partial charge is 0.248 e. The monoisotopic (exact) mass is 315 g/mol. The maximum absolute atomic E-state index is 11.8. The summed E-state index contributed by atoms with van der Waals surface area (Å²) in [6.07, 6.45) is 3.34. The molecule has 2 rings (SSSR count). The molecular weight excluding hydrogens is 302 g/mol. The molecule has 0 aliphatic heterocycles. The van der Waals surface area contributed by atoms with Crippen molar-refractivity contribution in [2.45, 2.75) is 6.92 Å². The molecule has 0 aliphatic carbocycles. The van der Waals surface area contributed by atoms with E-state index < -0.39 is 0 Å². The van der Waals surface area contributed by atoms with Crippen molar-refractivity contribution < 1.29 is 4.79 Å². The van der Waals surface area contributed by atoms with Crippen LogP contribution in [0.1, 0.15) is 11.1 Å². The summed E-state index contributed by atoms with van der Waals surface area (Å²) < 4.78 is 0.868. The summed E-state index contributed by atoms with van der Waals surface area (Å²) in [4.78, 5) is 11.8. The van der Waals surface area contributed by atoms with Gasteiger partial charge in [-0.25, -0.2) is 0 Å². The third-order valence-corrected chi connectivity index (χ3v) is 3.29. The Morgan fingerprint density at radius 3 is 2.68 bits per heavy atom. The van der Waals surface area contributed by atoms with Crippen molar-refractivity contribution in [3.8, 4) is 0 Å². The molecule has 2 aromatic rings. The van der Waals surface area contributed by atoms with Crippen LogP contribution in [0.3, 0.4) is 0 Å². The first-order chi connectivity index (χ1) is 9.15. The van der Waals surface area contributed by atoms with Gasteiger partial charge in [0.05, 0.1) is 5.69 Å². The van der Waals surface area contributed by atoms with Crippen LogP contribution in [0.15, 0.2) is 59.1 Å². The molecule has 2 nitrogen and oxygen atoms in total. The Morgan fingerprint density at radius 1 is 1.16 bits per heavy atom. The maximum atomic E-state index is 11.8. The molecule has 3 heteroatoms. The fourth-order valence-electron chi connectivity index (χ4n) is 1.68. The molecule has 1 N–H and O–H groups in total. The molecule has 0 saturated heterocycles. The molecule has 0 unspecified atom stereocenters. The molecule has 0 heterocycles. The Hall–Kier alpha value is -1.87. The number of nitrogens with one attached hydrogen (secondary N) is 1. The van der Waals surface area contributed by atoms with Crippen molar-refractivity contribution in [1.29, 1.82) is 0 Å². The molecule has 0 spiro atoms. The zero-order valence-corrected chi connectivity index (χ0v) is 12.1. The van der Waals surface area contributed by atoms with E-state index in [1.807, 2.05) is 55.5 Å². The number of carbonyl (C=O) groups excluding carboxylic acids is 1. The van der Waals surface area contributed by atoms with E-state index in [4.69, 9.17) is 0 Å². The predicted molar refractivity (Wildman–Crippen MR) is 83.0 cm³/mol. The minimum absolute atomic E-state index is 0.145. The standard InChI is InChI=1S/C16H14BrNO/c1-12-5-4-6-13(11-12)9-10-16(19)18-15-8-3-2-7-14(15)17/h2-11H,1H3,(H,18,19). The molecule has 96 valence electrons. The highest BCUT2D eigenvalue weighted by Gasteiger charge is 2.01. The second-order valence-corrected chi connectivity index (χ2v) is 5.07. The van der Waals surface area contributed by atoms with Gasteiger partial charge in [0.2, 0.25) is 5.91 Å². The lowest BCUT2D eigenvalue weighted by atomic mass is 10.1. The van der Waals surface area contributed by atoms with Crippen molar-refractivity contribution in [2.24, 2.45) is 0 Å². The van der Waals surface area contributed by atoms with E-state index in [1.165, 1.54) is 11.6 Å². The topological polar surface area (TPSA) is 29.1 Å². The molecule has 19 heavy (non-hydrogen) atoms. The molecule has 0 bridgehead atoms. The number of halogens is 1. The van der Waals surface area contributed by atoms with Crippen LogP contribution in [0.2, 0.25) is 0 Å².